The van der Waals surface area contributed by atoms with Crippen LogP contribution >= 0.6 is 24.0 Å². The summed E-state index contributed by atoms with van der Waals surface area (Å²) in [6.07, 6.45) is 2.12. The summed E-state index contributed by atoms with van der Waals surface area (Å²) in [5.74, 6) is 3.01. The number of nitrogens with one attached hydrogen (secondary N) is 1. The molecule has 0 atom stereocenters. The summed E-state index contributed by atoms with van der Waals surface area (Å²) in [5, 5.41) is 11.3. The molecule has 0 bridgehead atoms. The summed E-state index contributed by atoms with van der Waals surface area (Å²) < 4.78 is 7.28. The van der Waals surface area contributed by atoms with Crippen molar-refractivity contribution < 1.29 is 4.74 Å². The maximum atomic E-state index is 5.90. The first-order chi connectivity index (χ1) is 10.3. The van der Waals surface area contributed by atoms with Gasteiger partial charge in [0.1, 0.15) is 18.1 Å². The molecule has 1 aromatic carbocycles. The number of fused-ring (bicyclic) bond motifs is 1. The maximum Gasteiger partial charge on any atom is 0.193 e. The maximum absolute atomic E-state index is 5.90. The van der Waals surface area contributed by atoms with Crippen LogP contribution in [0.25, 0.3) is 0 Å². The normalized spacial score (nSPS) is 13.4. The van der Waals surface area contributed by atoms with Crippen LogP contribution in [-0.2, 0) is 19.5 Å². The van der Waals surface area contributed by atoms with Gasteiger partial charge in [0.2, 0.25) is 0 Å². The molecule has 8 heteroatoms. The lowest BCUT2D eigenvalue weighted by Crippen LogP contribution is -2.22. The first-order valence-electron chi connectivity index (χ1n) is 6.88. The number of ether oxygens (including phenoxy) is 1. The molecule has 0 amide bonds. The van der Waals surface area contributed by atoms with E-state index in [1.54, 1.807) is 7.11 Å². The number of nitrogens with zero attached hydrogens (tertiary/aromatic N) is 4. The number of hydrogen-bond donors (Lipinski definition) is 2. The summed E-state index contributed by atoms with van der Waals surface area (Å²) in [5.41, 5.74) is 6.73. The number of halogens is 1. The van der Waals surface area contributed by atoms with Crippen molar-refractivity contribution in [1.82, 2.24) is 14.8 Å². The van der Waals surface area contributed by atoms with Crippen LogP contribution in [-0.4, -0.2) is 27.8 Å². The molecule has 1 aliphatic rings. The average Bonchev–Trinajstić information content (AvgIpc) is 3.09. The van der Waals surface area contributed by atoms with Crippen molar-refractivity contribution in [2.24, 2.45) is 10.7 Å². The van der Waals surface area contributed by atoms with Crippen molar-refractivity contribution in [3.8, 4) is 5.75 Å². The van der Waals surface area contributed by atoms with Gasteiger partial charge >= 0.3 is 0 Å². The van der Waals surface area contributed by atoms with Gasteiger partial charge in [0.15, 0.2) is 11.8 Å². The number of methoxy groups -OCH3 is 1. The number of rotatable bonds is 4. The number of aromatic nitrogens is 3. The van der Waals surface area contributed by atoms with E-state index in [2.05, 4.69) is 25.1 Å². The lowest BCUT2D eigenvalue weighted by molar-refractivity contribution is 0.415. The van der Waals surface area contributed by atoms with Crippen LogP contribution in [0, 0.1) is 0 Å². The third-order valence-corrected chi connectivity index (χ3v) is 3.42. The molecule has 1 aliphatic heterocycles. The summed E-state index contributed by atoms with van der Waals surface area (Å²) in [6.45, 7) is 1.40. The van der Waals surface area contributed by atoms with Gasteiger partial charge in [-0.15, -0.1) is 34.2 Å². The minimum Gasteiger partial charge on any atom is -0.497 e. The molecule has 0 saturated carbocycles. The molecule has 0 aliphatic carbocycles. The fourth-order valence-electron chi connectivity index (χ4n) is 2.37. The number of anilines is 1. The lowest BCUT2D eigenvalue weighted by Gasteiger charge is -2.07. The van der Waals surface area contributed by atoms with Crippen LogP contribution in [0.15, 0.2) is 29.3 Å². The highest BCUT2D eigenvalue weighted by molar-refractivity contribution is 14.0. The summed E-state index contributed by atoms with van der Waals surface area (Å²) in [4.78, 5) is 4.31. The van der Waals surface area contributed by atoms with Crippen molar-refractivity contribution in [2.45, 2.75) is 25.9 Å². The van der Waals surface area contributed by atoms with Gasteiger partial charge in [-0.05, 0) is 18.6 Å². The Morgan fingerprint density at radius 1 is 1.45 bits per heavy atom. The van der Waals surface area contributed by atoms with Gasteiger partial charge in [0.25, 0.3) is 0 Å². The molecule has 0 unspecified atom stereocenters. The molecule has 2 aromatic rings. The number of hydrogen-bond acceptors (Lipinski definition) is 4. The third kappa shape index (κ3) is 3.67. The zero-order chi connectivity index (χ0) is 14.7. The molecular formula is C14H19IN6O. The van der Waals surface area contributed by atoms with Crippen LogP contribution in [0.1, 0.15) is 18.1 Å². The Balaban J connectivity index is 0.00000176. The second-order valence-corrected chi connectivity index (χ2v) is 4.85. The Morgan fingerprint density at radius 2 is 2.32 bits per heavy atom. The molecule has 0 radical (unpaired) electrons. The van der Waals surface area contributed by atoms with E-state index in [1.165, 1.54) is 0 Å². The van der Waals surface area contributed by atoms with Crippen molar-refractivity contribution >= 4 is 35.6 Å². The highest BCUT2D eigenvalue weighted by Gasteiger charge is 2.16. The zero-order valence-electron chi connectivity index (χ0n) is 12.3. The topological polar surface area (TPSA) is 90.3 Å². The van der Waals surface area contributed by atoms with Crippen LogP contribution in [0.5, 0.6) is 5.75 Å². The monoisotopic (exact) mass is 414 g/mol. The predicted octanol–water partition coefficient (Wildman–Crippen LogP) is 1.78. The number of guanidine groups is 1. The van der Waals surface area contributed by atoms with E-state index >= 15 is 0 Å². The van der Waals surface area contributed by atoms with Gasteiger partial charge in [0, 0.05) is 24.7 Å². The van der Waals surface area contributed by atoms with Gasteiger partial charge in [-0.25, -0.2) is 4.99 Å². The van der Waals surface area contributed by atoms with Crippen LogP contribution in [0.4, 0.5) is 5.69 Å². The van der Waals surface area contributed by atoms with Crippen LogP contribution < -0.4 is 15.8 Å². The third-order valence-electron chi connectivity index (χ3n) is 3.42. The van der Waals surface area contributed by atoms with Crippen LogP contribution in [0.3, 0.4) is 0 Å². The van der Waals surface area contributed by atoms with Gasteiger partial charge in [-0.1, -0.05) is 6.07 Å². The molecule has 2 heterocycles. The predicted molar refractivity (Wildman–Crippen MR) is 95.7 cm³/mol. The minimum absolute atomic E-state index is 0. The van der Waals surface area contributed by atoms with E-state index in [-0.39, 0.29) is 24.0 Å². The Morgan fingerprint density at radius 3 is 3.14 bits per heavy atom. The van der Waals surface area contributed by atoms with Crippen molar-refractivity contribution in [3.05, 3.63) is 35.9 Å². The molecular weight excluding hydrogens is 395 g/mol. The van der Waals surface area contributed by atoms with Crippen LogP contribution in [0.2, 0.25) is 0 Å². The number of nitrogens with two attached hydrogens (primary N) is 1. The van der Waals surface area contributed by atoms with E-state index < -0.39 is 0 Å². The second kappa shape index (κ2) is 7.43. The fraction of sp³-hybridized carbons (Fsp3) is 0.357. The van der Waals surface area contributed by atoms with E-state index in [4.69, 9.17) is 10.5 Å². The van der Waals surface area contributed by atoms with Gasteiger partial charge in [0.05, 0.1) is 7.11 Å². The smallest absolute Gasteiger partial charge is 0.193 e. The van der Waals surface area contributed by atoms with Crippen molar-refractivity contribution in [2.75, 3.05) is 12.4 Å². The lowest BCUT2D eigenvalue weighted by atomic mass is 10.3. The molecule has 0 saturated heterocycles. The Kier molecular flexibility index (Phi) is 5.58. The Labute approximate surface area is 146 Å². The average molecular weight is 414 g/mol. The number of aliphatic imine (C=N–C) groups is 1. The van der Waals surface area contributed by atoms with E-state index in [0.29, 0.717) is 12.5 Å². The van der Waals surface area contributed by atoms with E-state index in [1.807, 2.05) is 24.3 Å². The molecule has 3 N–H and O–H groups in total. The highest BCUT2D eigenvalue weighted by Crippen LogP contribution is 2.17. The zero-order valence-corrected chi connectivity index (χ0v) is 14.7. The second-order valence-electron chi connectivity index (χ2n) is 4.85. The van der Waals surface area contributed by atoms with Gasteiger partial charge in [-0.2, -0.15) is 0 Å². The molecule has 118 valence electrons. The Bertz CT molecular complexity index is 669. The van der Waals surface area contributed by atoms with Crippen molar-refractivity contribution in [3.63, 3.8) is 0 Å². The summed E-state index contributed by atoms with van der Waals surface area (Å²) >= 11 is 0. The van der Waals surface area contributed by atoms with E-state index in [9.17, 15) is 0 Å². The van der Waals surface area contributed by atoms with Gasteiger partial charge in [-0.3, -0.25) is 0 Å². The fourth-order valence-corrected chi connectivity index (χ4v) is 2.37. The molecule has 7 nitrogen and oxygen atoms in total. The first kappa shape index (κ1) is 16.5. The highest BCUT2D eigenvalue weighted by atomic mass is 127. The standard InChI is InChI=1S/C14H18N6O.HI/c1-21-11-5-2-4-10(8-11)17-14(15)16-9-13-19-18-12-6-3-7-20(12)13;/h2,4-5,8H,3,6-7,9H2,1H3,(H3,15,16,17);1H. The largest absolute Gasteiger partial charge is 0.497 e. The summed E-state index contributed by atoms with van der Waals surface area (Å²) in [6, 6.07) is 7.52. The van der Waals surface area contributed by atoms with Crippen molar-refractivity contribution in [1.29, 1.82) is 0 Å². The molecule has 1 aromatic heterocycles. The SMILES string of the molecule is COc1cccc(NC(N)=NCc2nnc3n2CCC3)c1.I. The molecule has 22 heavy (non-hydrogen) atoms. The first-order valence-corrected chi connectivity index (χ1v) is 6.88. The summed E-state index contributed by atoms with van der Waals surface area (Å²) in [7, 11) is 1.63. The van der Waals surface area contributed by atoms with E-state index in [0.717, 1.165) is 42.5 Å². The quantitative estimate of drug-likeness (QED) is 0.452. The molecule has 3 rings (SSSR count). The number of aryl methyl sites for hydroxylation is 1. The van der Waals surface area contributed by atoms with Gasteiger partial charge < -0.3 is 20.4 Å². The Hall–Kier alpha value is -1.84. The molecule has 0 spiro atoms. The molecule has 0 fully saturated rings. The minimum atomic E-state index is 0. The number of benzene rings is 1.